The standard InChI is InChI=1S/C23H34O6Si.C22H32O6Si.Na.H2O/c1-15(9-11-19(24)26-3)8-10-17-21(27-4)16(2)18-14-29-23(25)20(18)22(17)28-12-13-30(5,6)7;1-14(8-10-18(23)24)7-9-16-20(26-3)15(2)17-13-28-22(25)19(17)21(16)27-11-12-29(4,5)6;;/h8H,9-14H2,1-7H3;7H,8-13H2,1-6H3,(H,23,24);;1H2/q;;+1;/p-1/b15-8+;14-7+;;. The number of carbonyl (C=O) groups excluding carboxylic acids is 3. The number of methoxy groups -OCH3 is 3. The number of aliphatic carboxylic acids is 1. The Labute approximate surface area is 386 Å². The molecule has 2 N–H and O–H groups in total. The second-order valence-corrected chi connectivity index (χ2v) is 28.8. The van der Waals surface area contributed by atoms with E-state index in [0.717, 1.165) is 62.4 Å². The molecular weight excluding hydrogens is 828 g/mol. The molecule has 2 aliphatic heterocycles. The molecule has 2 aromatic rings. The van der Waals surface area contributed by atoms with Gasteiger partial charge in [-0.2, -0.15) is 0 Å². The van der Waals surface area contributed by atoms with Crippen LogP contribution < -0.4 is 48.5 Å². The summed E-state index contributed by atoms with van der Waals surface area (Å²) in [6.45, 7) is 23.0. The van der Waals surface area contributed by atoms with Gasteiger partial charge in [-0.1, -0.05) is 62.6 Å². The quantitative estimate of drug-likeness (QED) is 0.0667. The van der Waals surface area contributed by atoms with E-state index >= 15 is 0 Å². The first-order valence-corrected chi connectivity index (χ1v) is 27.7. The van der Waals surface area contributed by atoms with Gasteiger partial charge in [-0.25, -0.2) is 9.59 Å². The van der Waals surface area contributed by atoms with Gasteiger partial charge in [-0.05, 0) is 76.6 Å². The van der Waals surface area contributed by atoms with E-state index < -0.39 is 22.1 Å². The van der Waals surface area contributed by atoms with Crippen molar-refractivity contribution >= 4 is 40.0 Å². The summed E-state index contributed by atoms with van der Waals surface area (Å²) in [7, 11) is 2.04. The van der Waals surface area contributed by atoms with Gasteiger partial charge in [-0.3, -0.25) is 9.59 Å². The van der Waals surface area contributed by atoms with Gasteiger partial charge in [0.1, 0.15) is 47.3 Å². The maximum absolute atomic E-state index is 12.5. The van der Waals surface area contributed by atoms with Crippen molar-refractivity contribution in [1.29, 1.82) is 0 Å². The molecule has 0 saturated heterocycles. The number of cyclic esters (lactones) is 2. The molecule has 0 spiro atoms. The van der Waals surface area contributed by atoms with Crippen LogP contribution in [0.1, 0.15) is 93.6 Å². The maximum atomic E-state index is 12.5. The van der Waals surface area contributed by atoms with E-state index in [4.69, 9.17) is 38.3 Å². The van der Waals surface area contributed by atoms with Gasteiger partial charge in [0, 0.05) is 51.2 Å². The first-order valence-electron chi connectivity index (χ1n) is 20.3. The Hall–Kier alpha value is -3.61. The van der Waals surface area contributed by atoms with Gasteiger partial charge in [0.25, 0.3) is 0 Å². The van der Waals surface area contributed by atoms with Crippen LogP contribution in [0.25, 0.3) is 0 Å². The summed E-state index contributed by atoms with van der Waals surface area (Å²) >= 11 is 0. The number of allylic oxidation sites excluding steroid dienone is 4. The van der Waals surface area contributed by atoms with Gasteiger partial charge in [0.05, 0.1) is 34.5 Å². The fraction of sp³-hybridized carbons (Fsp3) is 0.556. The number of fused-ring (bicyclic) bond motifs is 2. The van der Waals surface area contributed by atoms with Crippen molar-refractivity contribution in [3.05, 3.63) is 67.8 Å². The van der Waals surface area contributed by atoms with Crippen LogP contribution in [-0.2, 0) is 49.9 Å². The number of hydrogen-bond donors (Lipinski definition) is 1. The van der Waals surface area contributed by atoms with Crippen LogP contribution in [0.3, 0.4) is 0 Å². The third kappa shape index (κ3) is 15.9. The Morgan fingerprint density at radius 1 is 0.656 bits per heavy atom. The SMILES string of the molecule is COC(=O)CC/C(C)=C/Cc1c(OC)c(C)c2c(c1OCC[Si](C)(C)C)C(=O)OC2.COc1c(C)c2c(c(OCC[Si](C)(C)C)c1C/C=C(\C)CCC(=O)O)C(=O)OC2.[Na+].[OH-]. The van der Waals surface area contributed by atoms with E-state index in [1.165, 1.54) is 7.11 Å². The van der Waals surface area contributed by atoms with Crippen LogP contribution in [0, 0.1) is 13.8 Å². The van der Waals surface area contributed by atoms with E-state index in [9.17, 15) is 19.2 Å². The molecule has 2 heterocycles. The Balaban J connectivity index is 0.000000591. The summed E-state index contributed by atoms with van der Waals surface area (Å²) in [5.41, 5.74) is 8.20. The minimum Gasteiger partial charge on any atom is -0.870 e. The molecule has 0 radical (unpaired) electrons. The normalized spacial score (nSPS) is 13.3. The zero-order valence-corrected chi connectivity index (χ0v) is 43.0. The largest absolute Gasteiger partial charge is 1.00 e. The number of ether oxygens (including phenoxy) is 7. The van der Waals surface area contributed by atoms with Crippen LogP contribution >= 0.6 is 0 Å². The molecule has 2 aromatic carbocycles. The Morgan fingerprint density at radius 3 is 1.36 bits per heavy atom. The molecule has 0 amide bonds. The molecule has 0 fully saturated rings. The summed E-state index contributed by atoms with van der Waals surface area (Å²) in [6.07, 6.45) is 6.61. The average molecular weight is 895 g/mol. The van der Waals surface area contributed by atoms with E-state index in [2.05, 4.69) is 45.4 Å². The molecule has 2 aliphatic rings. The predicted molar refractivity (Wildman–Crippen MR) is 236 cm³/mol. The monoisotopic (exact) mass is 894 g/mol. The number of benzene rings is 2. The number of carboxylic acids is 1. The number of carboxylic acid groups (broad SMARTS) is 1. The number of esters is 3. The van der Waals surface area contributed by atoms with Crippen LogP contribution in [0.15, 0.2) is 23.3 Å². The summed E-state index contributed by atoms with van der Waals surface area (Å²) < 4.78 is 39.2. The molecule has 61 heavy (non-hydrogen) atoms. The van der Waals surface area contributed by atoms with Crippen molar-refractivity contribution in [1.82, 2.24) is 0 Å². The maximum Gasteiger partial charge on any atom is 1.00 e. The van der Waals surface area contributed by atoms with Crippen LogP contribution in [0.4, 0.5) is 0 Å². The number of hydrogen-bond acceptors (Lipinski definition) is 12. The smallest absolute Gasteiger partial charge is 0.870 e. The first-order chi connectivity index (χ1) is 27.6. The minimum atomic E-state index is -1.30. The van der Waals surface area contributed by atoms with Crippen LogP contribution in [-0.4, -0.2) is 85.2 Å². The van der Waals surface area contributed by atoms with E-state index in [1.807, 2.05) is 33.8 Å². The zero-order chi connectivity index (χ0) is 44.2. The summed E-state index contributed by atoms with van der Waals surface area (Å²) in [4.78, 5) is 47.2. The predicted octanol–water partition coefficient (Wildman–Crippen LogP) is 6.40. The second kappa shape index (κ2) is 24.9. The van der Waals surface area contributed by atoms with Crippen molar-refractivity contribution in [2.45, 2.75) is 131 Å². The van der Waals surface area contributed by atoms with Crippen LogP contribution in [0.2, 0.25) is 51.4 Å². The molecule has 0 unspecified atom stereocenters. The van der Waals surface area contributed by atoms with Gasteiger partial charge in [0.2, 0.25) is 0 Å². The fourth-order valence-corrected chi connectivity index (χ4v) is 8.15. The van der Waals surface area contributed by atoms with E-state index in [0.29, 0.717) is 73.7 Å². The first kappa shape index (κ1) is 55.4. The Morgan fingerprint density at radius 2 is 1.03 bits per heavy atom. The Bertz CT molecular complexity index is 1940. The molecule has 0 aromatic heterocycles. The molecule has 0 atom stereocenters. The zero-order valence-electron chi connectivity index (χ0n) is 39.0. The third-order valence-corrected chi connectivity index (χ3v) is 13.9. The van der Waals surface area contributed by atoms with Gasteiger partial charge in [-0.15, -0.1) is 0 Å². The van der Waals surface area contributed by atoms with Crippen molar-refractivity contribution in [3.8, 4) is 23.0 Å². The minimum absolute atomic E-state index is 0. The number of carbonyl (C=O) groups is 4. The second-order valence-electron chi connectivity index (χ2n) is 17.6. The molecule has 0 aliphatic carbocycles. The van der Waals surface area contributed by atoms with Crippen molar-refractivity contribution in [2.75, 3.05) is 34.5 Å². The van der Waals surface area contributed by atoms with E-state index in [1.54, 1.807) is 14.2 Å². The van der Waals surface area contributed by atoms with Crippen LogP contribution in [0.5, 0.6) is 23.0 Å². The molecule has 13 nitrogen and oxygen atoms in total. The fourth-order valence-electron chi connectivity index (χ4n) is 6.72. The molecule has 4 rings (SSSR count). The average Bonchev–Trinajstić information content (AvgIpc) is 3.75. The molecule has 16 heteroatoms. The van der Waals surface area contributed by atoms with E-state index in [-0.39, 0.29) is 72.6 Å². The molecule has 0 bridgehead atoms. The van der Waals surface area contributed by atoms with Crippen molar-refractivity contribution in [3.63, 3.8) is 0 Å². The van der Waals surface area contributed by atoms with Crippen molar-refractivity contribution < 1.29 is 92.5 Å². The molecular formula is C45H67NaO13Si2. The summed E-state index contributed by atoms with van der Waals surface area (Å²) in [6, 6.07) is 1.96. The van der Waals surface area contributed by atoms with Gasteiger partial charge >= 0.3 is 53.4 Å². The number of rotatable bonds is 20. The molecule has 334 valence electrons. The van der Waals surface area contributed by atoms with Gasteiger partial charge in [0.15, 0.2) is 0 Å². The Kier molecular flexibility index (Phi) is 22.6. The van der Waals surface area contributed by atoms with Gasteiger partial charge < -0.3 is 43.7 Å². The summed E-state index contributed by atoms with van der Waals surface area (Å²) in [5.74, 6) is 0.803. The summed E-state index contributed by atoms with van der Waals surface area (Å²) in [5, 5.41) is 8.89. The van der Waals surface area contributed by atoms with Crippen molar-refractivity contribution in [2.24, 2.45) is 0 Å². The topological polar surface area (TPSA) is 183 Å². The third-order valence-electron chi connectivity index (χ3n) is 10.4. The molecule has 0 saturated carbocycles.